The van der Waals surface area contributed by atoms with Gasteiger partial charge in [0.2, 0.25) is 17.7 Å². The zero-order valence-electron chi connectivity index (χ0n) is 32.3. The van der Waals surface area contributed by atoms with Gasteiger partial charge in [-0.05, 0) is 69.2 Å². The zero-order valence-corrected chi connectivity index (χ0v) is 33.0. The number of pyridine rings is 1. The van der Waals surface area contributed by atoms with Crippen molar-refractivity contribution in [3.8, 4) is 17.1 Å². The van der Waals surface area contributed by atoms with Crippen molar-refractivity contribution in [2.75, 3.05) is 39.3 Å². The molecule has 2 unspecified atom stereocenters. The summed E-state index contributed by atoms with van der Waals surface area (Å²) in [7, 11) is 0. The van der Waals surface area contributed by atoms with Crippen molar-refractivity contribution in [2.24, 2.45) is 5.41 Å². The number of aliphatic hydroxyl groups is 2. The quantitative estimate of drug-likeness (QED) is 0.124. The topological polar surface area (TPSA) is 166 Å². The third-order valence-electron chi connectivity index (χ3n) is 11.8. The maximum atomic E-state index is 14.5. The van der Waals surface area contributed by atoms with Crippen LogP contribution in [0.5, 0.6) is 5.75 Å². The van der Waals surface area contributed by atoms with Crippen LogP contribution in [0.15, 0.2) is 88.1 Å². The predicted molar refractivity (Wildman–Crippen MR) is 209 cm³/mol. The Morgan fingerprint density at radius 3 is 2.61 bits per heavy atom. The number of rotatable bonds is 12. The number of aliphatic hydroxyl groups excluding tert-OH is 2. The molecule has 4 N–H and O–H groups in total. The molecule has 0 spiro atoms. The molecule has 17 heteroatoms. The number of fused-ring (bicyclic) bond motifs is 2. The number of carbonyl (C=O) groups is 2. The first kappa shape index (κ1) is 40.8. The fourth-order valence-corrected chi connectivity index (χ4v) is 8.55. The number of β-amino-alcohol motifs (C(OH)–C–C–N with tert-alkyl or cyclic N) is 1. The van der Waals surface area contributed by atoms with E-state index in [0.29, 0.717) is 52.3 Å². The van der Waals surface area contributed by atoms with E-state index in [2.05, 4.69) is 15.3 Å². The number of aromatic nitrogens is 2. The molecule has 2 fully saturated rings. The molecule has 59 heavy (non-hydrogen) atoms. The van der Waals surface area contributed by atoms with Crippen LogP contribution in [0.3, 0.4) is 0 Å². The molecule has 13 nitrogen and oxygen atoms in total. The van der Waals surface area contributed by atoms with Crippen LogP contribution >= 0.6 is 11.6 Å². The molecular weight excluding hydrogens is 793 g/mol. The fraction of sp³-hybridized carbons (Fsp3) is 0.429. The molecule has 5 heterocycles. The monoisotopic (exact) mass is 836 g/mol. The Hall–Kier alpha value is -5.00. The van der Waals surface area contributed by atoms with E-state index in [1.54, 1.807) is 78.1 Å². The second-order valence-corrected chi connectivity index (χ2v) is 16.5. The SMILES string of the molecule is CC(C)(c1ncc(-c2ccc(Cl)cc2)o1)N1CCN(CC(O)CC2(C(=O)N[C@H]3c4ccccc4OC[C@H]3O)C[C@H]2c2cc3cnccc3o2)[C@H](C(=O)NCC(F)(F)F)C1. The van der Waals surface area contributed by atoms with Crippen molar-refractivity contribution < 1.29 is 46.5 Å². The Kier molecular flexibility index (Phi) is 11.0. The number of amides is 2. The molecular formula is C42H44ClF3N6O7. The van der Waals surface area contributed by atoms with E-state index in [1.807, 2.05) is 30.1 Å². The van der Waals surface area contributed by atoms with E-state index in [4.69, 9.17) is 25.2 Å². The smallest absolute Gasteiger partial charge is 0.405 e. The van der Waals surface area contributed by atoms with Crippen LogP contribution in [0.4, 0.5) is 13.2 Å². The van der Waals surface area contributed by atoms with Gasteiger partial charge in [0, 0.05) is 66.0 Å². The number of para-hydroxylation sites is 1. The predicted octanol–water partition coefficient (Wildman–Crippen LogP) is 5.57. The number of piperazine rings is 1. The zero-order chi connectivity index (χ0) is 41.7. The van der Waals surface area contributed by atoms with Crippen LogP contribution in [-0.4, -0.2) is 106 Å². The van der Waals surface area contributed by atoms with Gasteiger partial charge in [-0.15, -0.1) is 0 Å². The normalized spacial score (nSPS) is 24.3. The minimum absolute atomic E-state index is 0.00953. The van der Waals surface area contributed by atoms with Gasteiger partial charge in [0.05, 0.1) is 29.3 Å². The summed E-state index contributed by atoms with van der Waals surface area (Å²) in [5.41, 5.74) is -0.121. The van der Waals surface area contributed by atoms with Gasteiger partial charge in [-0.25, -0.2) is 4.98 Å². The molecule has 5 aromatic rings. The maximum Gasteiger partial charge on any atom is 0.405 e. The molecule has 1 saturated heterocycles. The maximum absolute atomic E-state index is 14.5. The highest BCUT2D eigenvalue weighted by Crippen LogP contribution is 2.63. The summed E-state index contributed by atoms with van der Waals surface area (Å²) in [5.74, 6) is 0.207. The van der Waals surface area contributed by atoms with Crippen LogP contribution < -0.4 is 15.4 Å². The molecule has 8 rings (SSSR count). The summed E-state index contributed by atoms with van der Waals surface area (Å²) in [4.78, 5) is 40.4. The van der Waals surface area contributed by atoms with Crippen LogP contribution in [0, 0.1) is 5.41 Å². The number of nitrogens with one attached hydrogen (secondary N) is 2. The van der Waals surface area contributed by atoms with E-state index in [0.717, 1.165) is 10.9 Å². The minimum Gasteiger partial charge on any atom is -0.490 e. The van der Waals surface area contributed by atoms with Crippen LogP contribution in [-0.2, 0) is 15.1 Å². The number of hydrogen-bond donors (Lipinski definition) is 4. The van der Waals surface area contributed by atoms with Gasteiger partial charge in [-0.2, -0.15) is 13.2 Å². The van der Waals surface area contributed by atoms with E-state index >= 15 is 0 Å². The Balaban J connectivity index is 1.03. The molecule has 2 aliphatic heterocycles. The molecule has 3 aromatic heterocycles. The Morgan fingerprint density at radius 1 is 1.07 bits per heavy atom. The summed E-state index contributed by atoms with van der Waals surface area (Å²) in [6, 6.07) is 15.8. The lowest BCUT2D eigenvalue weighted by Gasteiger charge is -2.46. The van der Waals surface area contributed by atoms with Gasteiger partial charge in [0.1, 0.15) is 42.4 Å². The number of nitrogens with zero attached hydrogens (tertiary/aromatic N) is 4. The highest BCUT2D eigenvalue weighted by Gasteiger charge is 2.63. The molecule has 2 amide bonds. The number of benzene rings is 2. The Bertz CT molecular complexity index is 2290. The first-order chi connectivity index (χ1) is 28.1. The van der Waals surface area contributed by atoms with Crippen molar-refractivity contribution in [3.63, 3.8) is 0 Å². The van der Waals surface area contributed by atoms with Gasteiger partial charge in [0.15, 0.2) is 5.76 Å². The summed E-state index contributed by atoms with van der Waals surface area (Å²) in [5, 5.41) is 29.2. The molecule has 312 valence electrons. The number of carbonyl (C=O) groups excluding carboxylic acids is 2. The second kappa shape index (κ2) is 15.9. The van der Waals surface area contributed by atoms with Gasteiger partial charge in [0.25, 0.3) is 0 Å². The lowest BCUT2D eigenvalue weighted by atomic mass is 9.90. The molecule has 3 aliphatic rings. The van der Waals surface area contributed by atoms with Gasteiger partial charge < -0.3 is 34.4 Å². The standard InChI is InChI=1S/C42H44ClF3N6O7/c1-40(2,39-48-19-35(59-39)24-7-9-26(43)10-8-24)52-14-13-51(30(21-52)37(55)49-23-42(44,45)46)20-27(53)16-41(17-29(41)34-15-25-18-47-12-11-32(25)58-34)38(56)50-36-28-5-3-4-6-33(28)57-22-31(36)54/h3-12,15,18-19,27,29-31,36,53-54H,13-14,16-17,20-23H2,1-2H3,(H,49,55)(H,50,56)/t27?,29-,30-,31+,36-,41?/m0/s1. The highest BCUT2D eigenvalue weighted by atomic mass is 35.5. The van der Waals surface area contributed by atoms with Crippen molar-refractivity contribution in [1.29, 1.82) is 0 Å². The minimum atomic E-state index is -4.64. The first-order valence-corrected chi connectivity index (χ1v) is 19.8. The third-order valence-corrected chi connectivity index (χ3v) is 12.0. The summed E-state index contributed by atoms with van der Waals surface area (Å²) in [6.07, 6.45) is -1.79. The van der Waals surface area contributed by atoms with E-state index in [-0.39, 0.29) is 32.7 Å². The van der Waals surface area contributed by atoms with Gasteiger partial charge in [-0.1, -0.05) is 29.8 Å². The first-order valence-electron chi connectivity index (χ1n) is 19.4. The number of hydrogen-bond acceptors (Lipinski definition) is 11. The number of furan rings is 1. The molecule has 6 atom stereocenters. The number of halogens is 4. The van der Waals surface area contributed by atoms with E-state index in [9.17, 15) is 33.0 Å². The van der Waals surface area contributed by atoms with Gasteiger partial charge >= 0.3 is 6.18 Å². The van der Waals surface area contributed by atoms with Crippen molar-refractivity contribution in [2.45, 2.75) is 68.6 Å². The lowest BCUT2D eigenvalue weighted by molar-refractivity contribution is -0.145. The number of ether oxygens (including phenoxy) is 1. The molecule has 0 bridgehead atoms. The molecule has 1 aliphatic carbocycles. The fourth-order valence-electron chi connectivity index (χ4n) is 8.43. The summed E-state index contributed by atoms with van der Waals surface area (Å²) in [6.45, 7) is 2.58. The second-order valence-electron chi connectivity index (χ2n) is 16.1. The van der Waals surface area contributed by atoms with E-state index < -0.39 is 65.7 Å². The van der Waals surface area contributed by atoms with Crippen molar-refractivity contribution in [3.05, 3.63) is 101 Å². The Morgan fingerprint density at radius 2 is 1.85 bits per heavy atom. The molecule has 0 radical (unpaired) electrons. The average molecular weight is 837 g/mol. The Labute approximate surface area is 342 Å². The largest absolute Gasteiger partial charge is 0.490 e. The van der Waals surface area contributed by atoms with Crippen molar-refractivity contribution in [1.82, 2.24) is 30.4 Å². The lowest BCUT2D eigenvalue weighted by Crippen LogP contribution is -2.63. The third kappa shape index (κ3) is 8.41. The van der Waals surface area contributed by atoms with E-state index in [1.165, 1.54) is 0 Å². The molecule has 1 saturated carbocycles. The molecule has 2 aromatic carbocycles. The highest BCUT2D eigenvalue weighted by molar-refractivity contribution is 6.30. The van der Waals surface area contributed by atoms with Gasteiger partial charge in [-0.3, -0.25) is 24.4 Å². The summed E-state index contributed by atoms with van der Waals surface area (Å²) >= 11 is 6.06. The van der Waals surface area contributed by atoms with Crippen LogP contribution in [0.25, 0.3) is 22.3 Å². The van der Waals surface area contributed by atoms with Crippen LogP contribution in [0.2, 0.25) is 5.02 Å². The van der Waals surface area contributed by atoms with Crippen LogP contribution in [0.1, 0.15) is 55.9 Å². The van der Waals surface area contributed by atoms with Crippen molar-refractivity contribution >= 4 is 34.4 Å². The summed E-state index contributed by atoms with van der Waals surface area (Å²) < 4.78 is 58.1. The number of alkyl halides is 3. The number of oxazole rings is 1. The average Bonchev–Trinajstić information content (AvgIpc) is 3.49.